The molecule has 1 saturated heterocycles. The lowest BCUT2D eigenvalue weighted by Gasteiger charge is -2.23. The van der Waals surface area contributed by atoms with Gasteiger partial charge in [0.25, 0.3) is 5.91 Å². The van der Waals surface area contributed by atoms with Gasteiger partial charge in [0.2, 0.25) is 0 Å². The smallest absolute Gasteiger partial charge is 0.255 e. The van der Waals surface area contributed by atoms with E-state index in [1.54, 1.807) is 0 Å². The lowest BCUT2D eigenvalue weighted by atomic mass is 10.1. The van der Waals surface area contributed by atoms with Crippen LogP contribution in [0.1, 0.15) is 23.2 Å². The Morgan fingerprint density at radius 2 is 2.00 bits per heavy atom. The van der Waals surface area contributed by atoms with Crippen LogP contribution in [-0.4, -0.2) is 35.3 Å². The first-order valence-electron chi connectivity index (χ1n) is 5.70. The maximum absolute atomic E-state index is 11.9. The van der Waals surface area contributed by atoms with Crippen LogP contribution in [-0.2, 0) is 0 Å². The minimum absolute atomic E-state index is 0.0547. The van der Waals surface area contributed by atoms with Gasteiger partial charge in [0.05, 0.1) is 5.56 Å². The normalized spacial score (nSPS) is 16.7. The highest BCUT2D eigenvalue weighted by atomic mass is 16.3. The van der Waals surface area contributed by atoms with Crippen molar-refractivity contribution in [2.75, 3.05) is 13.1 Å². The molecule has 4 N–H and O–H groups in total. The Balaban J connectivity index is 2.03. The summed E-state index contributed by atoms with van der Waals surface area (Å²) in [6, 6.07) is 4.12. The van der Waals surface area contributed by atoms with E-state index in [0.717, 1.165) is 32.0 Å². The van der Waals surface area contributed by atoms with Crippen LogP contribution >= 0.6 is 0 Å². The van der Waals surface area contributed by atoms with Gasteiger partial charge in [-0.2, -0.15) is 0 Å². The molecule has 92 valence electrons. The summed E-state index contributed by atoms with van der Waals surface area (Å²) in [5, 5.41) is 24.8. The largest absolute Gasteiger partial charge is 0.508 e. The Morgan fingerprint density at radius 3 is 2.65 bits per heavy atom. The zero-order chi connectivity index (χ0) is 12.3. The van der Waals surface area contributed by atoms with Crippen molar-refractivity contribution in [1.82, 2.24) is 10.6 Å². The van der Waals surface area contributed by atoms with Crippen molar-refractivity contribution in [1.29, 1.82) is 0 Å². The average molecular weight is 236 g/mol. The van der Waals surface area contributed by atoms with E-state index in [1.807, 2.05) is 0 Å². The van der Waals surface area contributed by atoms with E-state index in [9.17, 15) is 9.90 Å². The van der Waals surface area contributed by atoms with Crippen molar-refractivity contribution in [3.8, 4) is 11.5 Å². The molecule has 1 fully saturated rings. The number of benzene rings is 1. The molecule has 1 aromatic carbocycles. The Morgan fingerprint density at radius 1 is 1.29 bits per heavy atom. The molecule has 0 aliphatic carbocycles. The van der Waals surface area contributed by atoms with E-state index in [4.69, 9.17) is 5.11 Å². The number of phenolic OH excluding ortho intramolecular Hbond substituents is 2. The standard InChI is InChI=1S/C12H16N2O3/c15-9-1-2-10(11(16)7-9)12(17)14-8-3-5-13-6-4-8/h1-2,7-8,13,15-16H,3-6H2,(H,14,17). The van der Waals surface area contributed by atoms with Crippen molar-refractivity contribution in [3.05, 3.63) is 23.8 Å². The molecule has 0 radical (unpaired) electrons. The first kappa shape index (κ1) is 11.7. The third-order valence-electron chi connectivity index (χ3n) is 2.90. The highest BCUT2D eigenvalue weighted by Gasteiger charge is 2.18. The topological polar surface area (TPSA) is 81.6 Å². The average Bonchev–Trinajstić information content (AvgIpc) is 2.30. The van der Waals surface area contributed by atoms with Crippen LogP contribution in [0.15, 0.2) is 18.2 Å². The van der Waals surface area contributed by atoms with Gasteiger partial charge >= 0.3 is 0 Å². The van der Waals surface area contributed by atoms with Crippen molar-refractivity contribution in [3.63, 3.8) is 0 Å². The van der Waals surface area contributed by atoms with Crippen LogP contribution in [0, 0.1) is 0 Å². The fraction of sp³-hybridized carbons (Fsp3) is 0.417. The number of piperidine rings is 1. The van der Waals surface area contributed by atoms with Gasteiger partial charge < -0.3 is 20.8 Å². The predicted molar refractivity (Wildman–Crippen MR) is 63.1 cm³/mol. The fourth-order valence-electron chi connectivity index (χ4n) is 1.94. The van der Waals surface area contributed by atoms with Crippen LogP contribution in [0.2, 0.25) is 0 Å². The van der Waals surface area contributed by atoms with E-state index < -0.39 is 0 Å². The van der Waals surface area contributed by atoms with Gasteiger partial charge in [0, 0.05) is 12.1 Å². The summed E-state index contributed by atoms with van der Waals surface area (Å²) >= 11 is 0. The Kier molecular flexibility index (Phi) is 3.49. The Hall–Kier alpha value is -1.75. The monoisotopic (exact) mass is 236 g/mol. The number of hydrogen-bond acceptors (Lipinski definition) is 4. The van der Waals surface area contributed by atoms with E-state index in [0.29, 0.717) is 0 Å². The highest BCUT2D eigenvalue weighted by Crippen LogP contribution is 2.22. The number of carbonyl (C=O) groups excluding carboxylic acids is 1. The summed E-state index contributed by atoms with van der Waals surface area (Å²) in [6.45, 7) is 1.79. The summed E-state index contributed by atoms with van der Waals surface area (Å²) < 4.78 is 0. The van der Waals surface area contributed by atoms with Crippen LogP contribution in [0.25, 0.3) is 0 Å². The third-order valence-corrected chi connectivity index (χ3v) is 2.90. The molecule has 1 aliphatic heterocycles. The maximum atomic E-state index is 11.9. The number of rotatable bonds is 2. The lowest BCUT2D eigenvalue weighted by Crippen LogP contribution is -2.42. The van der Waals surface area contributed by atoms with Gasteiger partial charge in [-0.25, -0.2) is 0 Å². The molecule has 5 heteroatoms. The number of phenols is 2. The molecule has 5 nitrogen and oxygen atoms in total. The van der Waals surface area contributed by atoms with E-state index >= 15 is 0 Å². The minimum atomic E-state index is -0.297. The first-order valence-corrected chi connectivity index (χ1v) is 5.70. The number of aromatic hydroxyl groups is 2. The van der Waals surface area contributed by atoms with Gasteiger partial charge in [0.1, 0.15) is 11.5 Å². The van der Waals surface area contributed by atoms with Crippen LogP contribution in [0.3, 0.4) is 0 Å². The SMILES string of the molecule is O=C(NC1CCNCC1)c1ccc(O)cc1O. The molecule has 17 heavy (non-hydrogen) atoms. The molecule has 1 amide bonds. The summed E-state index contributed by atoms with van der Waals surface area (Å²) in [5.41, 5.74) is 0.196. The molecule has 0 saturated carbocycles. The zero-order valence-corrected chi connectivity index (χ0v) is 9.44. The second kappa shape index (κ2) is 5.05. The van der Waals surface area contributed by atoms with E-state index in [1.165, 1.54) is 12.1 Å². The van der Waals surface area contributed by atoms with E-state index in [-0.39, 0.29) is 29.0 Å². The van der Waals surface area contributed by atoms with Gasteiger partial charge in [-0.05, 0) is 38.1 Å². The van der Waals surface area contributed by atoms with Crippen molar-refractivity contribution in [2.45, 2.75) is 18.9 Å². The molecular weight excluding hydrogens is 220 g/mol. The molecule has 1 aliphatic rings. The minimum Gasteiger partial charge on any atom is -0.508 e. The third kappa shape index (κ3) is 2.88. The Bertz CT molecular complexity index is 414. The fourth-order valence-corrected chi connectivity index (χ4v) is 1.94. The summed E-state index contributed by atoms with van der Waals surface area (Å²) in [4.78, 5) is 11.9. The van der Waals surface area contributed by atoms with Gasteiger partial charge in [-0.3, -0.25) is 4.79 Å². The maximum Gasteiger partial charge on any atom is 0.255 e. The van der Waals surface area contributed by atoms with E-state index in [2.05, 4.69) is 10.6 Å². The van der Waals surface area contributed by atoms with Crippen LogP contribution in [0.5, 0.6) is 11.5 Å². The van der Waals surface area contributed by atoms with Crippen LogP contribution < -0.4 is 10.6 Å². The van der Waals surface area contributed by atoms with Gasteiger partial charge in [-0.1, -0.05) is 0 Å². The first-order chi connectivity index (χ1) is 8.16. The molecule has 0 bridgehead atoms. The summed E-state index contributed by atoms with van der Waals surface area (Å²) in [5.74, 6) is -0.549. The Labute approximate surface area is 99.5 Å². The number of carbonyl (C=O) groups is 1. The molecule has 0 spiro atoms. The lowest BCUT2D eigenvalue weighted by molar-refractivity contribution is 0.0927. The quantitative estimate of drug-likeness (QED) is 0.605. The van der Waals surface area contributed by atoms with Gasteiger partial charge in [0.15, 0.2) is 0 Å². The predicted octanol–water partition coefficient (Wildman–Crippen LogP) is 0.580. The number of hydrogen-bond donors (Lipinski definition) is 4. The molecule has 0 atom stereocenters. The van der Waals surface area contributed by atoms with Crippen molar-refractivity contribution in [2.24, 2.45) is 0 Å². The number of nitrogens with one attached hydrogen (secondary N) is 2. The summed E-state index contributed by atoms with van der Waals surface area (Å²) in [6.07, 6.45) is 1.79. The molecule has 1 aromatic rings. The number of amides is 1. The zero-order valence-electron chi connectivity index (χ0n) is 9.44. The molecule has 0 unspecified atom stereocenters. The second-order valence-corrected chi connectivity index (χ2v) is 4.20. The highest BCUT2D eigenvalue weighted by molar-refractivity contribution is 5.97. The molecular formula is C12H16N2O3. The van der Waals surface area contributed by atoms with Gasteiger partial charge in [-0.15, -0.1) is 0 Å². The molecule has 2 rings (SSSR count). The van der Waals surface area contributed by atoms with Crippen LogP contribution in [0.4, 0.5) is 0 Å². The van der Waals surface area contributed by atoms with Crippen molar-refractivity contribution < 1.29 is 15.0 Å². The second-order valence-electron chi connectivity index (χ2n) is 4.20. The molecule has 1 heterocycles. The molecule has 0 aromatic heterocycles. The summed E-state index contributed by atoms with van der Waals surface area (Å²) in [7, 11) is 0. The van der Waals surface area contributed by atoms with Crippen molar-refractivity contribution >= 4 is 5.91 Å².